The van der Waals surface area contributed by atoms with Crippen molar-refractivity contribution < 1.29 is 14.1 Å². The van der Waals surface area contributed by atoms with Crippen molar-refractivity contribution in [3.05, 3.63) is 46.8 Å². The number of nitrogens with zero attached hydrogens (tertiary/aromatic N) is 1. The molecule has 2 rings (SSSR count). The van der Waals surface area contributed by atoms with Crippen molar-refractivity contribution in [2.75, 3.05) is 6.54 Å². The van der Waals surface area contributed by atoms with Crippen LogP contribution in [-0.2, 0) is 17.8 Å². The molecule has 0 aliphatic rings. The van der Waals surface area contributed by atoms with Crippen LogP contribution in [0.5, 0.6) is 5.75 Å². The summed E-state index contributed by atoms with van der Waals surface area (Å²) >= 11 is 0. The van der Waals surface area contributed by atoms with Crippen LogP contribution in [0.3, 0.4) is 0 Å². The number of amides is 1. The van der Waals surface area contributed by atoms with E-state index in [-0.39, 0.29) is 12.5 Å². The first-order valence-corrected chi connectivity index (χ1v) is 6.94. The van der Waals surface area contributed by atoms with E-state index in [9.17, 15) is 4.79 Å². The standard InChI is InChI=1S/C17H18N2O3/c1-4-9-18-17(20)10-14-5-7-15(8-6-14)21-11-16-12(2)19-22-13(16)3/h1,5-8H,9-11H2,2-3H3,(H,18,20). The molecule has 1 amide bonds. The molecule has 0 fully saturated rings. The summed E-state index contributed by atoms with van der Waals surface area (Å²) in [5.74, 6) is 3.77. The number of terminal acetylenes is 1. The number of nitrogens with one attached hydrogen (secondary N) is 1. The Balaban J connectivity index is 1.89. The van der Waals surface area contributed by atoms with E-state index in [1.165, 1.54) is 0 Å². The topological polar surface area (TPSA) is 64.4 Å². The van der Waals surface area contributed by atoms with Crippen molar-refractivity contribution in [3.8, 4) is 18.1 Å². The molecular formula is C17H18N2O3. The molecule has 0 atom stereocenters. The molecule has 114 valence electrons. The number of hydrogen-bond acceptors (Lipinski definition) is 4. The lowest BCUT2D eigenvalue weighted by Crippen LogP contribution is -2.25. The molecule has 0 spiro atoms. The van der Waals surface area contributed by atoms with E-state index >= 15 is 0 Å². The van der Waals surface area contributed by atoms with E-state index in [4.69, 9.17) is 15.7 Å². The number of carbonyl (C=O) groups is 1. The van der Waals surface area contributed by atoms with Gasteiger partial charge in [0.05, 0.1) is 24.2 Å². The molecule has 0 saturated carbocycles. The molecule has 0 saturated heterocycles. The van der Waals surface area contributed by atoms with Gasteiger partial charge in [-0.3, -0.25) is 4.79 Å². The molecular weight excluding hydrogens is 280 g/mol. The van der Waals surface area contributed by atoms with E-state index in [0.717, 1.165) is 28.3 Å². The summed E-state index contributed by atoms with van der Waals surface area (Å²) in [6.45, 7) is 4.39. The fraction of sp³-hybridized carbons (Fsp3) is 0.294. The fourth-order valence-electron chi connectivity index (χ4n) is 1.96. The minimum atomic E-state index is -0.0951. The molecule has 0 unspecified atom stereocenters. The van der Waals surface area contributed by atoms with Gasteiger partial charge in [0.25, 0.3) is 0 Å². The number of carbonyl (C=O) groups excluding carboxylic acids is 1. The molecule has 1 heterocycles. The minimum absolute atomic E-state index is 0.0951. The molecule has 5 nitrogen and oxygen atoms in total. The van der Waals surface area contributed by atoms with Gasteiger partial charge in [-0.2, -0.15) is 0 Å². The minimum Gasteiger partial charge on any atom is -0.489 e. The monoisotopic (exact) mass is 298 g/mol. The molecule has 1 aromatic carbocycles. The highest BCUT2D eigenvalue weighted by molar-refractivity contribution is 5.78. The lowest BCUT2D eigenvalue weighted by Gasteiger charge is -2.07. The average Bonchev–Trinajstić information content (AvgIpc) is 2.83. The van der Waals surface area contributed by atoms with E-state index in [1.807, 2.05) is 38.1 Å². The van der Waals surface area contributed by atoms with Crippen LogP contribution in [0.4, 0.5) is 0 Å². The van der Waals surface area contributed by atoms with Crippen molar-refractivity contribution in [2.24, 2.45) is 0 Å². The first-order chi connectivity index (χ1) is 10.6. The summed E-state index contributed by atoms with van der Waals surface area (Å²) in [7, 11) is 0. The Morgan fingerprint density at radius 2 is 2.09 bits per heavy atom. The summed E-state index contributed by atoms with van der Waals surface area (Å²) in [5.41, 5.74) is 2.69. The van der Waals surface area contributed by atoms with Gasteiger partial charge in [-0.15, -0.1) is 6.42 Å². The number of benzene rings is 1. The first-order valence-electron chi connectivity index (χ1n) is 6.94. The second kappa shape index (κ2) is 7.32. The number of hydrogen-bond donors (Lipinski definition) is 1. The Labute approximate surface area is 129 Å². The number of rotatable bonds is 6. The van der Waals surface area contributed by atoms with Crippen LogP contribution in [0.2, 0.25) is 0 Å². The molecule has 0 bridgehead atoms. The summed E-state index contributed by atoms with van der Waals surface area (Å²) in [4.78, 5) is 11.6. The van der Waals surface area contributed by atoms with Gasteiger partial charge in [-0.1, -0.05) is 23.2 Å². The van der Waals surface area contributed by atoms with Crippen LogP contribution >= 0.6 is 0 Å². The van der Waals surface area contributed by atoms with Gasteiger partial charge in [0, 0.05) is 0 Å². The second-order valence-corrected chi connectivity index (χ2v) is 4.89. The van der Waals surface area contributed by atoms with Crippen LogP contribution in [0, 0.1) is 26.2 Å². The fourth-order valence-corrected chi connectivity index (χ4v) is 1.96. The predicted octanol–water partition coefficient (Wildman–Crippen LogP) is 2.16. The van der Waals surface area contributed by atoms with Crippen LogP contribution < -0.4 is 10.1 Å². The lowest BCUT2D eigenvalue weighted by atomic mass is 10.1. The predicted molar refractivity (Wildman–Crippen MR) is 82.3 cm³/mol. The summed E-state index contributed by atoms with van der Waals surface area (Å²) in [6.07, 6.45) is 5.39. The number of aromatic nitrogens is 1. The molecule has 0 radical (unpaired) electrons. The Morgan fingerprint density at radius 3 is 2.68 bits per heavy atom. The Morgan fingerprint density at radius 1 is 1.36 bits per heavy atom. The van der Waals surface area contributed by atoms with Crippen LogP contribution in [0.25, 0.3) is 0 Å². The van der Waals surface area contributed by atoms with Crippen molar-refractivity contribution in [2.45, 2.75) is 26.9 Å². The molecule has 1 N–H and O–H groups in total. The van der Waals surface area contributed by atoms with E-state index in [1.54, 1.807) is 0 Å². The van der Waals surface area contributed by atoms with Crippen LogP contribution in [0.15, 0.2) is 28.8 Å². The summed E-state index contributed by atoms with van der Waals surface area (Å²) in [6, 6.07) is 7.39. The van der Waals surface area contributed by atoms with Crippen LogP contribution in [-0.4, -0.2) is 17.6 Å². The van der Waals surface area contributed by atoms with Gasteiger partial charge in [-0.25, -0.2) is 0 Å². The molecule has 0 aliphatic heterocycles. The van der Waals surface area contributed by atoms with Crippen molar-refractivity contribution in [1.29, 1.82) is 0 Å². The Hall–Kier alpha value is -2.74. The first kappa shape index (κ1) is 15.6. The van der Waals surface area contributed by atoms with Gasteiger partial charge < -0.3 is 14.6 Å². The zero-order valence-corrected chi connectivity index (χ0v) is 12.7. The maximum Gasteiger partial charge on any atom is 0.225 e. The quantitative estimate of drug-likeness (QED) is 0.830. The molecule has 2 aromatic rings. The SMILES string of the molecule is C#CCNC(=O)Cc1ccc(OCc2c(C)noc2C)cc1. The maximum atomic E-state index is 11.6. The lowest BCUT2D eigenvalue weighted by molar-refractivity contribution is -0.120. The van der Waals surface area contributed by atoms with Crippen LogP contribution in [0.1, 0.15) is 22.6 Å². The molecule has 1 aromatic heterocycles. The Bertz CT molecular complexity index is 661. The maximum absolute atomic E-state index is 11.6. The average molecular weight is 298 g/mol. The normalized spacial score (nSPS) is 10.0. The van der Waals surface area contributed by atoms with Gasteiger partial charge in [0.15, 0.2) is 0 Å². The number of aryl methyl sites for hydroxylation is 2. The van der Waals surface area contributed by atoms with Gasteiger partial charge >= 0.3 is 0 Å². The van der Waals surface area contributed by atoms with E-state index in [2.05, 4.69) is 16.4 Å². The number of ether oxygens (including phenoxy) is 1. The highest BCUT2D eigenvalue weighted by Gasteiger charge is 2.09. The molecule has 0 aliphatic carbocycles. The molecule has 22 heavy (non-hydrogen) atoms. The highest BCUT2D eigenvalue weighted by Crippen LogP contribution is 2.18. The third kappa shape index (κ3) is 4.13. The van der Waals surface area contributed by atoms with E-state index in [0.29, 0.717) is 13.0 Å². The Kier molecular flexibility index (Phi) is 5.21. The zero-order chi connectivity index (χ0) is 15.9. The third-order valence-electron chi connectivity index (χ3n) is 3.24. The summed E-state index contributed by atoms with van der Waals surface area (Å²) in [5, 5.41) is 6.51. The summed E-state index contributed by atoms with van der Waals surface area (Å²) < 4.78 is 10.8. The van der Waals surface area contributed by atoms with Gasteiger partial charge in [-0.05, 0) is 31.5 Å². The van der Waals surface area contributed by atoms with Gasteiger partial charge in [0.1, 0.15) is 18.1 Å². The second-order valence-electron chi connectivity index (χ2n) is 4.89. The van der Waals surface area contributed by atoms with Gasteiger partial charge in [0.2, 0.25) is 5.91 Å². The van der Waals surface area contributed by atoms with Crippen molar-refractivity contribution >= 4 is 5.91 Å². The van der Waals surface area contributed by atoms with E-state index < -0.39 is 0 Å². The third-order valence-corrected chi connectivity index (χ3v) is 3.24. The largest absolute Gasteiger partial charge is 0.489 e. The van der Waals surface area contributed by atoms with Crippen molar-refractivity contribution in [1.82, 2.24) is 10.5 Å². The smallest absolute Gasteiger partial charge is 0.225 e. The molecule has 5 heteroatoms. The zero-order valence-electron chi connectivity index (χ0n) is 12.7. The van der Waals surface area contributed by atoms with Crippen molar-refractivity contribution in [3.63, 3.8) is 0 Å². The highest BCUT2D eigenvalue weighted by atomic mass is 16.5.